The van der Waals surface area contributed by atoms with Crippen molar-refractivity contribution in [2.24, 2.45) is 0 Å². The smallest absolute Gasteiger partial charge is 0.234 e. The number of benzene rings is 1. The molecule has 0 aliphatic carbocycles. The van der Waals surface area contributed by atoms with Crippen LogP contribution in [0.4, 0.5) is 0 Å². The van der Waals surface area contributed by atoms with Crippen LogP contribution in [-0.2, 0) is 24.2 Å². The van der Waals surface area contributed by atoms with Gasteiger partial charge in [-0.05, 0) is 38.3 Å². The molecule has 2 aromatic rings. The highest BCUT2D eigenvalue weighted by molar-refractivity contribution is 8.01. The second kappa shape index (κ2) is 5.71. The predicted molar refractivity (Wildman–Crippen MR) is 91.7 cm³/mol. The van der Waals surface area contributed by atoms with E-state index in [1.54, 1.807) is 11.8 Å². The summed E-state index contributed by atoms with van der Waals surface area (Å²) in [6, 6.07) is 6.69. The molecule has 4 nitrogen and oxygen atoms in total. The van der Waals surface area contributed by atoms with Gasteiger partial charge in [0.15, 0.2) is 0 Å². The summed E-state index contributed by atoms with van der Waals surface area (Å²) in [5.41, 5.74) is 3.62. The molecule has 0 saturated carbocycles. The van der Waals surface area contributed by atoms with E-state index in [4.69, 9.17) is 0 Å². The average molecular weight is 327 g/mol. The van der Waals surface area contributed by atoms with E-state index in [9.17, 15) is 4.79 Å². The molecule has 120 valence electrons. The number of hydrogen-bond acceptors (Lipinski definition) is 3. The molecule has 0 unspecified atom stereocenters. The molecule has 0 fully saturated rings. The van der Waals surface area contributed by atoms with Gasteiger partial charge in [0.05, 0.1) is 10.9 Å². The number of nitrogens with one attached hydrogen (secondary N) is 1. The maximum absolute atomic E-state index is 12.6. The fourth-order valence-corrected chi connectivity index (χ4v) is 4.78. The number of thioether (sulfide) groups is 1. The van der Waals surface area contributed by atoms with Gasteiger partial charge in [0.25, 0.3) is 0 Å². The highest BCUT2D eigenvalue weighted by atomic mass is 32.2. The minimum Gasteiger partial charge on any atom is -0.351 e. The van der Waals surface area contributed by atoms with E-state index in [1.165, 1.54) is 16.0 Å². The van der Waals surface area contributed by atoms with Crippen molar-refractivity contribution in [2.45, 2.75) is 55.8 Å². The molecule has 4 rings (SSSR count). The number of hydrogen-bond donors (Lipinski definition) is 1. The van der Waals surface area contributed by atoms with E-state index >= 15 is 0 Å². The zero-order chi connectivity index (χ0) is 16.0. The predicted octanol–water partition coefficient (Wildman–Crippen LogP) is 2.65. The average Bonchev–Trinajstić information content (AvgIpc) is 3.08. The van der Waals surface area contributed by atoms with Crippen molar-refractivity contribution in [2.75, 3.05) is 0 Å². The number of carbonyl (C=O) groups excluding carboxylic acids is 1. The maximum Gasteiger partial charge on any atom is 0.234 e. The highest BCUT2D eigenvalue weighted by Gasteiger charge is 2.30. The Balaban J connectivity index is 1.40. The molecule has 2 aliphatic heterocycles. The van der Waals surface area contributed by atoms with E-state index in [0.29, 0.717) is 0 Å². The van der Waals surface area contributed by atoms with Gasteiger partial charge in [-0.2, -0.15) is 0 Å². The first-order valence-corrected chi connectivity index (χ1v) is 9.05. The Labute approximate surface area is 140 Å². The zero-order valence-electron chi connectivity index (χ0n) is 13.5. The molecule has 2 aliphatic rings. The standard InChI is InChI=1S/C18H21N3OS/c1-11-3-4-13-8-16(23-15(13)7-11)18(22)20-14-5-6-17-19-12(2)9-21(17)10-14/h3-4,7,9,14,16H,5-6,8,10H2,1-2H3,(H,20,22)/t14-,16+/m1/s1. The zero-order valence-corrected chi connectivity index (χ0v) is 14.3. The van der Waals surface area contributed by atoms with Gasteiger partial charge < -0.3 is 9.88 Å². The van der Waals surface area contributed by atoms with Crippen LogP contribution in [0.15, 0.2) is 29.3 Å². The van der Waals surface area contributed by atoms with E-state index in [0.717, 1.165) is 37.3 Å². The van der Waals surface area contributed by atoms with Crippen LogP contribution in [0.1, 0.15) is 29.1 Å². The SMILES string of the molecule is Cc1ccc2c(c1)S[C@H](C(=O)N[C@@H]1CCc3nc(C)cn3C1)C2. The lowest BCUT2D eigenvalue weighted by Crippen LogP contribution is -2.44. The summed E-state index contributed by atoms with van der Waals surface area (Å²) in [4.78, 5) is 18.4. The number of imidazole rings is 1. The Bertz CT molecular complexity index is 768. The Morgan fingerprint density at radius 3 is 3.13 bits per heavy atom. The number of fused-ring (bicyclic) bond motifs is 2. The molecule has 2 atom stereocenters. The van der Waals surface area contributed by atoms with Gasteiger partial charge in [0, 0.05) is 30.1 Å². The van der Waals surface area contributed by atoms with Crippen LogP contribution >= 0.6 is 11.8 Å². The van der Waals surface area contributed by atoms with Crippen LogP contribution in [0, 0.1) is 13.8 Å². The molecule has 1 aromatic carbocycles. The van der Waals surface area contributed by atoms with Gasteiger partial charge in [-0.1, -0.05) is 17.7 Å². The Morgan fingerprint density at radius 2 is 2.26 bits per heavy atom. The van der Waals surface area contributed by atoms with Gasteiger partial charge >= 0.3 is 0 Å². The molecule has 1 N–H and O–H groups in total. The number of amides is 1. The summed E-state index contributed by atoms with van der Waals surface area (Å²) in [6.45, 7) is 4.96. The second-order valence-electron chi connectivity index (χ2n) is 6.62. The van der Waals surface area contributed by atoms with Gasteiger partial charge in [-0.15, -0.1) is 11.8 Å². The van der Waals surface area contributed by atoms with Crippen molar-refractivity contribution in [3.05, 3.63) is 47.0 Å². The first-order valence-electron chi connectivity index (χ1n) is 8.18. The van der Waals surface area contributed by atoms with Gasteiger partial charge in [0.1, 0.15) is 5.82 Å². The van der Waals surface area contributed by atoms with E-state index in [1.807, 2.05) is 6.92 Å². The highest BCUT2D eigenvalue weighted by Crippen LogP contribution is 2.37. The number of nitrogens with zero attached hydrogens (tertiary/aromatic N) is 2. The van der Waals surface area contributed by atoms with Gasteiger partial charge in [-0.3, -0.25) is 4.79 Å². The summed E-state index contributed by atoms with van der Waals surface area (Å²) in [5, 5.41) is 3.26. The van der Waals surface area contributed by atoms with Gasteiger partial charge in [0.2, 0.25) is 5.91 Å². The molecule has 1 aromatic heterocycles. The Hall–Kier alpha value is -1.75. The molecule has 5 heteroatoms. The normalized spacial score (nSPS) is 22.5. The summed E-state index contributed by atoms with van der Waals surface area (Å²) in [5.74, 6) is 1.32. The minimum absolute atomic E-state index is 0.0118. The molecule has 0 saturated heterocycles. The number of carbonyl (C=O) groups is 1. The van der Waals surface area contributed by atoms with E-state index in [-0.39, 0.29) is 17.2 Å². The Morgan fingerprint density at radius 1 is 1.39 bits per heavy atom. The van der Waals surface area contributed by atoms with Crippen LogP contribution in [0.5, 0.6) is 0 Å². The third-order valence-corrected chi connectivity index (χ3v) is 5.95. The van der Waals surface area contributed by atoms with Crippen LogP contribution < -0.4 is 5.32 Å². The van der Waals surface area contributed by atoms with Crippen molar-refractivity contribution in [1.29, 1.82) is 0 Å². The second-order valence-corrected chi connectivity index (χ2v) is 7.86. The summed E-state index contributed by atoms with van der Waals surface area (Å²) >= 11 is 1.71. The molecule has 1 amide bonds. The first-order chi connectivity index (χ1) is 11.1. The molecule has 23 heavy (non-hydrogen) atoms. The van der Waals surface area contributed by atoms with Crippen molar-refractivity contribution >= 4 is 17.7 Å². The molecular weight excluding hydrogens is 306 g/mol. The largest absolute Gasteiger partial charge is 0.351 e. The lowest BCUT2D eigenvalue weighted by Gasteiger charge is -2.25. The topological polar surface area (TPSA) is 46.9 Å². The maximum atomic E-state index is 12.6. The summed E-state index contributed by atoms with van der Waals surface area (Å²) in [6.07, 6.45) is 4.84. The number of aryl methyl sites for hydroxylation is 3. The minimum atomic E-state index is 0.0118. The van der Waals surface area contributed by atoms with Crippen molar-refractivity contribution in [3.63, 3.8) is 0 Å². The first kappa shape index (κ1) is 14.8. The third kappa shape index (κ3) is 2.90. The van der Waals surface area contributed by atoms with E-state index < -0.39 is 0 Å². The lowest BCUT2D eigenvalue weighted by atomic mass is 10.1. The van der Waals surface area contributed by atoms with Crippen molar-refractivity contribution in [3.8, 4) is 0 Å². The van der Waals surface area contributed by atoms with Crippen LogP contribution in [0.25, 0.3) is 0 Å². The molecule has 0 radical (unpaired) electrons. The molecule has 0 spiro atoms. The van der Waals surface area contributed by atoms with Gasteiger partial charge in [-0.25, -0.2) is 4.98 Å². The number of aromatic nitrogens is 2. The quantitative estimate of drug-likeness (QED) is 0.922. The van der Waals surface area contributed by atoms with Crippen LogP contribution in [0.3, 0.4) is 0 Å². The van der Waals surface area contributed by atoms with Crippen LogP contribution in [0.2, 0.25) is 0 Å². The van der Waals surface area contributed by atoms with Crippen molar-refractivity contribution in [1.82, 2.24) is 14.9 Å². The summed E-state index contributed by atoms with van der Waals surface area (Å²) < 4.78 is 2.18. The summed E-state index contributed by atoms with van der Waals surface area (Å²) in [7, 11) is 0. The number of rotatable bonds is 2. The fraction of sp³-hybridized carbons (Fsp3) is 0.444. The molecule has 0 bridgehead atoms. The lowest BCUT2D eigenvalue weighted by molar-refractivity contribution is -0.121. The van der Waals surface area contributed by atoms with E-state index in [2.05, 4.69) is 46.2 Å². The Kier molecular flexibility index (Phi) is 3.68. The molecule has 3 heterocycles. The van der Waals surface area contributed by atoms with Crippen LogP contribution in [-0.4, -0.2) is 26.8 Å². The fourth-order valence-electron chi connectivity index (χ4n) is 3.48. The third-order valence-electron chi connectivity index (χ3n) is 4.65. The monoisotopic (exact) mass is 327 g/mol. The molecular formula is C18H21N3OS. The van der Waals surface area contributed by atoms with Crippen molar-refractivity contribution < 1.29 is 4.79 Å².